The Labute approximate surface area is 214 Å². The Balaban J connectivity index is 1.27. The van der Waals surface area contributed by atoms with Crippen LogP contribution in [0.5, 0.6) is 5.75 Å². The number of para-hydroxylation sites is 1. The average molecular weight is 492 g/mol. The van der Waals surface area contributed by atoms with E-state index >= 15 is 0 Å². The minimum atomic E-state index is -0.301. The molecule has 0 radical (unpaired) electrons. The summed E-state index contributed by atoms with van der Waals surface area (Å²) >= 11 is 5.92. The monoisotopic (exact) mass is 491 g/mol. The molecule has 0 saturated carbocycles. The molecule has 0 aliphatic heterocycles. The third-order valence-electron chi connectivity index (χ3n) is 5.61. The standard InChI is InChI=1S/C30H22ClN3O2/c31-24-14-10-22(11-15-24)20-36-25-16-12-21(13-17-25)19-32-34-30(35)27-18-29(23-6-2-1-3-7-23)33-28-9-5-4-8-26(27)28/h1-19H,20H2,(H,34,35)/b32-19+. The van der Waals surface area contributed by atoms with Crippen LogP contribution in [0.3, 0.4) is 0 Å². The largest absolute Gasteiger partial charge is 0.489 e. The van der Waals surface area contributed by atoms with Gasteiger partial charge in [-0.2, -0.15) is 5.10 Å². The molecule has 1 N–H and O–H groups in total. The molecule has 0 unspecified atom stereocenters. The molecule has 1 amide bonds. The van der Waals surface area contributed by atoms with Gasteiger partial charge in [0.2, 0.25) is 0 Å². The second-order valence-corrected chi connectivity index (χ2v) is 8.56. The third-order valence-corrected chi connectivity index (χ3v) is 5.86. The van der Waals surface area contributed by atoms with Crippen molar-refractivity contribution in [3.05, 3.63) is 131 Å². The van der Waals surface area contributed by atoms with Crippen LogP contribution in [0.15, 0.2) is 114 Å². The van der Waals surface area contributed by atoms with Gasteiger partial charge in [0.1, 0.15) is 12.4 Å². The molecule has 1 aromatic heterocycles. The molecule has 5 aromatic rings. The van der Waals surface area contributed by atoms with Crippen LogP contribution in [0.4, 0.5) is 0 Å². The summed E-state index contributed by atoms with van der Waals surface area (Å²) in [6.45, 7) is 0.450. The first kappa shape index (κ1) is 23.3. The highest BCUT2D eigenvalue weighted by atomic mass is 35.5. The maximum atomic E-state index is 13.0. The SMILES string of the molecule is O=C(N/N=C/c1ccc(OCc2ccc(Cl)cc2)cc1)c1cc(-c2ccccc2)nc2ccccc12. The van der Waals surface area contributed by atoms with Gasteiger partial charge in [-0.25, -0.2) is 10.4 Å². The molecule has 0 spiro atoms. The summed E-state index contributed by atoms with van der Waals surface area (Å²) in [7, 11) is 0. The number of halogens is 1. The second kappa shape index (κ2) is 10.8. The number of carbonyl (C=O) groups excluding carboxylic acids is 1. The molecule has 0 bridgehead atoms. The summed E-state index contributed by atoms with van der Waals surface area (Å²) in [4.78, 5) is 17.8. The van der Waals surface area contributed by atoms with Gasteiger partial charge in [0.05, 0.1) is 23.0 Å². The van der Waals surface area contributed by atoms with Crippen molar-refractivity contribution in [2.24, 2.45) is 5.10 Å². The van der Waals surface area contributed by atoms with Crippen molar-refractivity contribution < 1.29 is 9.53 Å². The number of nitrogens with zero attached hydrogens (tertiary/aromatic N) is 2. The quantitative estimate of drug-likeness (QED) is 0.199. The molecule has 4 aromatic carbocycles. The lowest BCUT2D eigenvalue weighted by Crippen LogP contribution is -2.18. The number of fused-ring (bicyclic) bond motifs is 1. The Bertz CT molecular complexity index is 1520. The van der Waals surface area contributed by atoms with Crippen molar-refractivity contribution in [1.29, 1.82) is 0 Å². The summed E-state index contributed by atoms with van der Waals surface area (Å²) in [5.74, 6) is 0.438. The molecule has 0 fully saturated rings. The fourth-order valence-electron chi connectivity index (χ4n) is 3.74. The lowest BCUT2D eigenvalue weighted by molar-refractivity contribution is 0.0956. The van der Waals surface area contributed by atoms with Crippen molar-refractivity contribution in [2.75, 3.05) is 0 Å². The minimum absolute atomic E-state index is 0.301. The Morgan fingerprint density at radius 3 is 2.39 bits per heavy atom. The Morgan fingerprint density at radius 1 is 0.889 bits per heavy atom. The number of aromatic nitrogens is 1. The van der Waals surface area contributed by atoms with Crippen LogP contribution in [0.25, 0.3) is 22.2 Å². The number of amides is 1. The number of benzene rings is 4. The van der Waals surface area contributed by atoms with E-state index < -0.39 is 0 Å². The molecule has 6 heteroatoms. The molecular weight excluding hydrogens is 470 g/mol. The van der Waals surface area contributed by atoms with E-state index in [0.717, 1.165) is 39.0 Å². The van der Waals surface area contributed by atoms with E-state index in [9.17, 15) is 4.79 Å². The fraction of sp³-hybridized carbons (Fsp3) is 0.0333. The summed E-state index contributed by atoms with van der Waals surface area (Å²) in [6, 6.07) is 34.2. The summed E-state index contributed by atoms with van der Waals surface area (Å²) in [5.41, 5.74) is 7.46. The zero-order chi connectivity index (χ0) is 24.7. The Morgan fingerprint density at radius 2 is 1.61 bits per heavy atom. The van der Waals surface area contributed by atoms with Crippen LogP contribution in [0, 0.1) is 0 Å². The van der Waals surface area contributed by atoms with Gasteiger partial charge < -0.3 is 4.74 Å². The van der Waals surface area contributed by atoms with Gasteiger partial charge in [0, 0.05) is 16.0 Å². The van der Waals surface area contributed by atoms with E-state index in [4.69, 9.17) is 21.3 Å². The van der Waals surface area contributed by atoms with Crippen molar-refractivity contribution in [3.8, 4) is 17.0 Å². The molecule has 0 aliphatic rings. The number of ether oxygens (including phenoxy) is 1. The van der Waals surface area contributed by atoms with Gasteiger partial charge in [0.25, 0.3) is 5.91 Å². The zero-order valence-electron chi connectivity index (χ0n) is 19.3. The van der Waals surface area contributed by atoms with Gasteiger partial charge in [-0.15, -0.1) is 0 Å². The van der Waals surface area contributed by atoms with Gasteiger partial charge in [-0.3, -0.25) is 4.79 Å². The second-order valence-electron chi connectivity index (χ2n) is 8.12. The number of hydrogen-bond donors (Lipinski definition) is 1. The number of hydrogen-bond acceptors (Lipinski definition) is 4. The molecule has 5 nitrogen and oxygen atoms in total. The van der Waals surface area contributed by atoms with Crippen molar-refractivity contribution in [1.82, 2.24) is 10.4 Å². The van der Waals surface area contributed by atoms with Gasteiger partial charge in [0.15, 0.2) is 0 Å². The highest BCUT2D eigenvalue weighted by Crippen LogP contribution is 2.25. The predicted molar refractivity (Wildman–Crippen MR) is 144 cm³/mol. The van der Waals surface area contributed by atoms with E-state index in [1.807, 2.05) is 103 Å². The molecule has 36 heavy (non-hydrogen) atoms. The van der Waals surface area contributed by atoms with Crippen LogP contribution in [-0.2, 0) is 6.61 Å². The lowest BCUT2D eigenvalue weighted by Gasteiger charge is -2.09. The summed E-state index contributed by atoms with van der Waals surface area (Å²) in [6.07, 6.45) is 1.60. The van der Waals surface area contributed by atoms with Crippen LogP contribution in [0.2, 0.25) is 5.02 Å². The number of hydrazone groups is 1. The smallest absolute Gasteiger partial charge is 0.272 e. The average Bonchev–Trinajstić information content (AvgIpc) is 2.93. The zero-order valence-corrected chi connectivity index (χ0v) is 20.0. The fourth-order valence-corrected chi connectivity index (χ4v) is 3.87. The Kier molecular flexibility index (Phi) is 7.01. The minimum Gasteiger partial charge on any atom is -0.489 e. The van der Waals surface area contributed by atoms with Crippen LogP contribution >= 0.6 is 11.6 Å². The van der Waals surface area contributed by atoms with Crippen LogP contribution < -0.4 is 10.2 Å². The summed E-state index contributed by atoms with van der Waals surface area (Å²) < 4.78 is 5.81. The topological polar surface area (TPSA) is 63.6 Å². The van der Waals surface area contributed by atoms with Gasteiger partial charge in [-0.05, 0) is 59.7 Å². The number of rotatable bonds is 7. The molecule has 0 aliphatic carbocycles. The Hall–Kier alpha value is -4.48. The molecule has 0 atom stereocenters. The first-order chi connectivity index (χ1) is 17.7. The molecular formula is C30H22ClN3O2. The van der Waals surface area contributed by atoms with Crippen LogP contribution in [0.1, 0.15) is 21.5 Å². The van der Waals surface area contributed by atoms with Crippen molar-refractivity contribution in [2.45, 2.75) is 6.61 Å². The third kappa shape index (κ3) is 5.59. The maximum Gasteiger partial charge on any atom is 0.272 e. The molecule has 1 heterocycles. The van der Waals surface area contributed by atoms with E-state index in [1.165, 1.54) is 0 Å². The normalized spacial score (nSPS) is 11.0. The predicted octanol–water partition coefficient (Wildman–Crippen LogP) is 6.90. The number of nitrogens with one attached hydrogen (secondary N) is 1. The van der Waals surface area contributed by atoms with Crippen molar-refractivity contribution in [3.63, 3.8) is 0 Å². The molecule has 5 rings (SSSR count). The van der Waals surface area contributed by atoms with E-state index in [0.29, 0.717) is 17.2 Å². The maximum absolute atomic E-state index is 13.0. The van der Waals surface area contributed by atoms with E-state index in [1.54, 1.807) is 12.3 Å². The first-order valence-corrected chi connectivity index (χ1v) is 11.8. The molecule has 176 valence electrons. The first-order valence-electron chi connectivity index (χ1n) is 11.4. The van der Waals surface area contributed by atoms with Gasteiger partial charge >= 0.3 is 0 Å². The van der Waals surface area contributed by atoms with E-state index in [2.05, 4.69) is 10.5 Å². The van der Waals surface area contributed by atoms with Crippen molar-refractivity contribution >= 4 is 34.6 Å². The number of pyridine rings is 1. The highest BCUT2D eigenvalue weighted by molar-refractivity contribution is 6.30. The van der Waals surface area contributed by atoms with E-state index in [-0.39, 0.29) is 5.91 Å². The summed E-state index contributed by atoms with van der Waals surface area (Å²) in [5, 5.41) is 5.63. The van der Waals surface area contributed by atoms with Crippen LogP contribution in [-0.4, -0.2) is 17.1 Å². The number of carbonyl (C=O) groups is 1. The highest BCUT2D eigenvalue weighted by Gasteiger charge is 2.13. The lowest BCUT2D eigenvalue weighted by atomic mass is 10.0. The molecule has 0 saturated heterocycles. The van der Waals surface area contributed by atoms with Gasteiger partial charge in [-0.1, -0.05) is 72.3 Å².